The molecule has 1 N–H and O–H groups in total. The lowest BCUT2D eigenvalue weighted by molar-refractivity contribution is 0.0951. The number of amides is 1. The number of nitrogens with one attached hydrogen (secondary N) is 1. The normalized spacial score (nSPS) is 13.9. The van der Waals surface area contributed by atoms with Gasteiger partial charge in [-0.2, -0.15) is 5.10 Å². The molecule has 8 nitrogen and oxygen atoms in total. The van der Waals surface area contributed by atoms with E-state index in [1.165, 1.54) is 0 Å². The van der Waals surface area contributed by atoms with E-state index in [1.807, 2.05) is 66.9 Å². The third-order valence-electron chi connectivity index (χ3n) is 6.75. The molecule has 1 amide bonds. The summed E-state index contributed by atoms with van der Waals surface area (Å²) in [5.41, 5.74) is 3.88. The third kappa shape index (κ3) is 5.65. The molecule has 0 atom stereocenters. The van der Waals surface area contributed by atoms with Gasteiger partial charge in [0.2, 0.25) is 0 Å². The fraction of sp³-hybridized carbons (Fsp3) is 0.276. The van der Waals surface area contributed by atoms with Crippen LogP contribution in [0.25, 0.3) is 16.9 Å². The Morgan fingerprint density at radius 1 is 1.00 bits per heavy atom. The maximum absolute atomic E-state index is 13.4. The number of para-hydroxylation sites is 1. The Morgan fingerprint density at radius 3 is 2.46 bits per heavy atom. The lowest BCUT2D eigenvalue weighted by atomic mass is 10.1. The molecular formula is C29H32N6O2. The van der Waals surface area contributed by atoms with Gasteiger partial charge >= 0.3 is 0 Å². The summed E-state index contributed by atoms with van der Waals surface area (Å²) in [4.78, 5) is 22.7. The van der Waals surface area contributed by atoms with E-state index in [1.54, 1.807) is 18.0 Å². The van der Waals surface area contributed by atoms with E-state index >= 15 is 0 Å². The highest BCUT2D eigenvalue weighted by Gasteiger charge is 2.20. The van der Waals surface area contributed by atoms with Gasteiger partial charge in [-0.1, -0.05) is 25.1 Å². The van der Waals surface area contributed by atoms with Gasteiger partial charge in [-0.3, -0.25) is 4.79 Å². The van der Waals surface area contributed by atoms with Crippen LogP contribution in [0, 0.1) is 0 Å². The molecule has 3 heterocycles. The summed E-state index contributed by atoms with van der Waals surface area (Å²) in [7, 11) is 1.63. The van der Waals surface area contributed by atoms with Gasteiger partial charge in [-0.25, -0.2) is 9.67 Å². The van der Waals surface area contributed by atoms with Crippen LogP contribution in [-0.2, 0) is 6.54 Å². The molecule has 190 valence electrons. The number of nitrogens with zero attached hydrogens (tertiary/aromatic N) is 5. The number of ether oxygens (including phenoxy) is 1. The molecule has 0 unspecified atom stereocenters. The van der Waals surface area contributed by atoms with Crippen molar-refractivity contribution in [1.29, 1.82) is 0 Å². The Bertz CT molecular complexity index is 1330. The first-order valence-electron chi connectivity index (χ1n) is 12.6. The first kappa shape index (κ1) is 24.5. The van der Waals surface area contributed by atoms with Crippen LogP contribution >= 0.6 is 0 Å². The first-order valence-corrected chi connectivity index (χ1v) is 12.6. The fourth-order valence-corrected chi connectivity index (χ4v) is 4.53. The summed E-state index contributed by atoms with van der Waals surface area (Å²) in [5.74, 6) is 1.53. The van der Waals surface area contributed by atoms with E-state index in [-0.39, 0.29) is 5.91 Å². The molecule has 8 heteroatoms. The number of aromatic nitrogens is 3. The molecule has 0 radical (unpaired) electrons. The highest BCUT2D eigenvalue weighted by molar-refractivity contribution is 6.00. The third-order valence-corrected chi connectivity index (χ3v) is 6.75. The Labute approximate surface area is 217 Å². The van der Waals surface area contributed by atoms with E-state index in [4.69, 9.17) is 9.84 Å². The second-order valence-corrected chi connectivity index (χ2v) is 9.03. The number of benzene rings is 2. The number of hydrogen-bond donors (Lipinski definition) is 1. The van der Waals surface area contributed by atoms with E-state index in [2.05, 4.69) is 33.1 Å². The fourth-order valence-electron chi connectivity index (χ4n) is 4.53. The van der Waals surface area contributed by atoms with Gasteiger partial charge < -0.3 is 19.9 Å². The quantitative estimate of drug-likeness (QED) is 0.397. The van der Waals surface area contributed by atoms with Crippen LogP contribution in [0.4, 0.5) is 5.82 Å². The van der Waals surface area contributed by atoms with Crippen molar-refractivity contribution in [2.45, 2.75) is 13.5 Å². The smallest absolute Gasteiger partial charge is 0.255 e. The standard InChI is InChI=1S/C29H32N6O2/c1-3-33-15-17-34(18-16-33)27-19-22(13-14-30-27)20-31-29(36)26-21-35(24-7-5-4-6-8-24)32-28(26)23-9-11-25(37-2)12-10-23/h4-14,19,21H,3,15-18,20H2,1-2H3,(H,31,36). The largest absolute Gasteiger partial charge is 0.497 e. The van der Waals surface area contributed by atoms with Crippen LogP contribution in [0.5, 0.6) is 5.75 Å². The highest BCUT2D eigenvalue weighted by Crippen LogP contribution is 2.26. The van der Waals surface area contributed by atoms with Crippen LogP contribution in [0.2, 0.25) is 0 Å². The van der Waals surface area contributed by atoms with E-state index < -0.39 is 0 Å². The highest BCUT2D eigenvalue weighted by atomic mass is 16.5. The van der Waals surface area contributed by atoms with Crippen LogP contribution in [0.15, 0.2) is 79.1 Å². The SMILES string of the molecule is CCN1CCN(c2cc(CNC(=O)c3cn(-c4ccccc4)nc3-c3ccc(OC)cc3)ccn2)CC1. The molecule has 0 bridgehead atoms. The second-order valence-electron chi connectivity index (χ2n) is 9.03. The summed E-state index contributed by atoms with van der Waals surface area (Å²) >= 11 is 0. The molecule has 1 aliphatic heterocycles. The van der Waals surface area contributed by atoms with E-state index in [0.717, 1.165) is 61.1 Å². The molecule has 0 saturated carbocycles. The number of piperazine rings is 1. The Morgan fingerprint density at radius 2 is 1.76 bits per heavy atom. The van der Waals surface area contributed by atoms with Gasteiger partial charge in [0, 0.05) is 50.7 Å². The number of carbonyl (C=O) groups is 1. The van der Waals surface area contributed by atoms with Crippen LogP contribution in [0.1, 0.15) is 22.8 Å². The number of hydrogen-bond acceptors (Lipinski definition) is 6. The molecule has 4 aromatic rings. The summed E-state index contributed by atoms with van der Waals surface area (Å²) in [6.07, 6.45) is 3.61. The lowest BCUT2D eigenvalue weighted by Gasteiger charge is -2.34. The minimum Gasteiger partial charge on any atom is -0.497 e. The molecule has 1 fully saturated rings. The predicted octanol–water partition coefficient (Wildman–Crippen LogP) is 4.01. The Hall–Kier alpha value is -4.17. The average molecular weight is 497 g/mol. The van der Waals surface area contributed by atoms with Crippen molar-refractivity contribution in [2.75, 3.05) is 44.7 Å². The first-order chi connectivity index (χ1) is 18.1. The summed E-state index contributed by atoms with van der Waals surface area (Å²) < 4.78 is 7.04. The van der Waals surface area contributed by atoms with Gasteiger partial charge in [-0.15, -0.1) is 0 Å². The van der Waals surface area contributed by atoms with Crippen molar-refractivity contribution in [1.82, 2.24) is 25.0 Å². The number of methoxy groups -OCH3 is 1. The van der Waals surface area contributed by atoms with E-state index in [0.29, 0.717) is 17.8 Å². The summed E-state index contributed by atoms with van der Waals surface area (Å²) in [6.45, 7) is 7.67. The molecule has 0 aliphatic carbocycles. The zero-order chi connectivity index (χ0) is 25.6. The number of carbonyl (C=O) groups excluding carboxylic acids is 1. The van der Waals surface area contributed by atoms with Gasteiger partial charge in [0.1, 0.15) is 17.3 Å². The van der Waals surface area contributed by atoms with Gasteiger partial charge in [-0.05, 0) is 60.6 Å². The molecule has 2 aromatic heterocycles. The maximum atomic E-state index is 13.4. The number of anilines is 1. The maximum Gasteiger partial charge on any atom is 0.255 e. The molecule has 2 aromatic carbocycles. The zero-order valence-corrected chi connectivity index (χ0v) is 21.3. The molecule has 37 heavy (non-hydrogen) atoms. The van der Waals surface area contributed by atoms with Crippen molar-refractivity contribution in [3.8, 4) is 22.7 Å². The molecule has 5 rings (SSSR count). The number of likely N-dealkylation sites (N-methyl/N-ethyl adjacent to an activating group) is 1. The number of pyridine rings is 1. The molecule has 1 aliphatic rings. The van der Waals surface area contributed by atoms with Crippen molar-refractivity contribution in [2.24, 2.45) is 0 Å². The van der Waals surface area contributed by atoms with Crippen molar-refractivity contribution in [3.05, 3.63) is 90.3 Å². The predicted molar refractivity (Wildman–Crippen MR) is 145 cm³/mol. The van der Waals surface area contributed by atoms with Crippen molar-refractivity contribution < 1.29 is 9.53 Å². The topological polar surface area (TPSA) is 75.5 Å². The van der Waals surface area contributed by atoms with Crippen LogP contribution in [0.3, 0.4) is 0 Å². The van der Waals surface area contributed by atoms with E-state index in [9.17, 15) is 4.79 Å². The zero-order valence-electron chi connectivity index (χ0n) is 21.3. The lowest BCUT2D eigenvalue weighted by Crippen LogP contribution is -2.46. The van der Waals surface area contributed by atoms with Crippen LogP contribution < -0.4 is 15.0 Å². The molecular weight excluding hydrogens is 464 g/mol. The minimum atomic E-state index is -0.178. The molecule has 1 saturated heterocycles. The Kier molecular flexibility index (Phi) is 7.46. The summed E-state index contributed by atoms with van der Waals surface area (Å²) in [6, 6.07) is 21.4. The molecule has 0 spiro atoms. The van der Waals surface area contributed by atoms with Crippen molar-refractivity contribution in [3.63, 3.8) is 0 Å². The minimum absolute atomic E-state index is 0.178. The Balaban J connectivity index is 1.35. The second kappa shape index (κ2) is 11.3. The monoisotopic (exact) mass is 496 g/mol. The van der Waals surface area contributed by atoms with Gasteiger partial charge in [0.15, 0.2) is 0 Å². The summed E-state index contributed by atoms with van der Waals surface area (Å²) in [5, 5.41) is 7.85. The average Bonchev–Trinajstić information content (AvgIpc) is 3.42. The van der Waals surface area contributed by atoms with Gasteiger partial charge in [0.25, 0.3) is 5.91 Å². The number of rotatable bonds is 8. The van der Waals surface area contributed by atoms with Crippen molar-refractivity contribution >= 4 is 11.7 Å². The van der Waals surface area contributed by atoms with Gasteiger partial charge in [0.05, 0.1) is 18.4 Å². The van der Waals surface area contributed by atoms with Crippen LogP contribution in [-0.4, -0.2) is 65.4 Å².